The van der Waals surface area contributed by atoms with E-state index in [2.05, 4.69) is 5.32 Å². The van der Waals surface area contributed by atoms with Crippen LogP contribution in [0.1, 0.15) is 35.0 Å². The molecule has 0 aliphatic carbocycles. The van der Waals surface area contributed by atoms with Crippen molar-refractivity contribution in [2.45, 2.75) is 27.2 Å². The van der Waals surface area contributed by atoms with Gasteiger partial charge in [-0.05, 0) is 62.2 Å². The molecule has 0 aliphatic heterocycles. The molecular formula is C30H32N4O3. The lowest BCUT2D eigenvalue weighted by molar-refractivity contribution is -0.116. The van der Waals surface area contributed by atoms with E-state index in [1.807, 2.05) is 87.5 Å². The quantitative estimate of drug-likeness (QED) is 0.325. The van der Waals surface area contributed by atoms with Gasteiger partial charge in [0.15, 0.2) is 0 Å². The Balaban J connectivity index is 1.67. The number of methoxy groups -OCH3 is 1. The van der Waals surface area contributed by atoms with E-state index in [0.29, 0.717) is 17.9 Å². The second kappa shape index (κ2) is 11.6. The molecular weight excluding hydrogens is 464 g/mol. The molecule has 1 aromatic heterocycles. The van der Waals surface area contributed by atoms with Crippen molar-refractivity contribution in [1.29, 1.82) is 0 Å². The standard InChI is InChI=1S/C30H32N4O3/c1-5-19-33(30(36)24-13-11-21(2)12-14-24)20-27(35)31-29-28(23-9-7-6-8-10-23)22(3)32-34(29)25-15-17-26(37-4)18-16-25/h6-18H,5,19-20H2,1-4H3,(H,31,35). The number of carbonyl (C=O) groups is 2. The molecule has 7 nitrogen and oxygen atoms in total. The van der Waals surface area contributed by atoms with Crippen LogP contribution in [-0.2, 0) is 4.79 Å². The fraction of sp³-hybridized carbons (Fsp3) is 0.233. The molecule has 0 saturated carbocycles. The second-order valence-corrected chi connectivity index (χ2v) is 8.93. The first kappa shape index (κ1) is 25.7. The molecule has 0 radical (unpaired) electrons. The van der Waals surface area contributed by atoms with Crippen LogP contribution in [0.3, 0.4) is 0 Å². The summed E-state index contributed by atoms with van der Waals surface area (Å²) in [6.07, 6.45) is 0.739. The third-order valence-electron chi connectivity index (χ3n) is 6.11. The van der Waals surface area contributed by atoms with Gasteiger partial charge in [-0.25, -0.2) is 4.68 Å². The predicted octanol–water partition coefficient (Wildman–Crippen LogP) is 5.66. The molecule has 0 spiro atoms. The molecule has 4 rings (SSSR count). The van der Waals surface area contributed by atoms with Crippen LogP contribution in [0.4, 0.5) is 5.82 Å². The number of anilines is 1. The Labute approximate surface area is 217 Å². The van der Waals surface area contributed by atoms with Gasteiger partial charge in [-0.2, -0.15) is 5.10 Å². The number of amides is 2. The number of nitrogens with zero attached hydrogens (tertiary/aromatic N) is 3. The van der Waals surface area contributed by atoms with Crippen LogP contribution < -0.4 is 10.1 Å². The predicted molar refractivity (Wildman–Crippen MR) is 146 cm³/mol. The van der Waals surface area contributed by atoms with Gasteiger partial charge in [0.1, 0.15) is 18.1 Å². The maximum atomic E-state index is 13.4. The maximum Gasteiger partial charge on any atom is 0.254 e. The van der Waals surface area contributed by atoms with Crippen LogP contribution >= 0.6 is 0 Å². The molecule has 3 aromatic carbocycles. The zero-order valence-corrected chi connectivity index (χ0v) is 21.7. The minimum Gasteiger partial charge on any atom is -0.497 e. The van der Waals surface area contributed by atoms with Crippen molar-refractivity contribution in [1.82, 2.24) is 14.7 Å². The summed E-state index contributed by atoms with van der Waals surface area (Å²) in [6.45, 7) is 6.29. The fourth-order valence-corrected chi connectivity index (χ4v) is 4.25. The summed E-state index contributed by atoms with van der Waals surface area (Å²) in [5.74, 6) is 0.824. The molecule has 0 aliphatic rings. The number of aromatic nitrogens is 2. The Morgan fingerprint density at radius 1 is 0.946 bits per heavy atom. The number of nitrogens with one attached hydrogen (secondary N) is 1. The van der Waals surface area contributed by atoms with Gasteiger partial charge < -0.3 is 15.0 Å². The van der Waals surface area contributed by atoms with Crippen molar-refractivity contribution in [2.24, 2.45) is 0 Å². The smallest absolute Gasteiger partial charge is 0.254 e. The summed E-state index contributed by atoms with van der Waals surface area (Å²) in [5, 5.41) is 7.82. The van der Waals surface area contributed by atoms with E-state index in [4.69, 9.17) is 9.84 Å². The molecule has 0 unspecified atom stereocenters. The molecule has 190 valence electrons. The van der Waals surface area contributed by atoms with Gasteiger partial charge in [0.05, 0.1) is 18.5 Å². The van der Waals surface area contributed by atoms with Gasteiger partial charge in [0, 0.05) is 17.7 Å². The van der Waals surface area contributed by atoms with Crippen molar-refractivity contribution in [3.05, 3.63) is 95.7 Å². The third-order valence-corrected chi connectivity index (χ3v) is 6.11. The number of rotatable bonds is 9. The van der Waals surface area contributed by atoms with Gasteiger partial charge in [-0.3, -0.25) is 9.59 Å². The molecule has 37 heavy (non-hydrogen) atoms. The molecule has 0 atom stereocenters. The average Bonchev–Trinajstić information content (AvgIpc) is 3.24. The summed E-state index contributed by atoms with van der Waals surface area (Å²) in [5.41, 5.74) is 4.97. The van der Waals surface area contributed by atoms with E-state index in [0.717, 1.165) is 40.2 Å². The molecule has 2 amide bonds. The van der Waals surface area contributed by atoms with Gasteiger partial charge in [0.2, 0.25) is 5.91 Å². The normalized spacial score (nSPS) is 10.7. The molecule has 0 fully saturated rings. The highest BCUT2D eigenvalue weighted by Gasteiger charge is 2.23. The van der Waals surface area contributed by atoms with Crippen molar-refractivity contribution < 1.29 is 14.3 Å². The first-order chi connectivity index (χ1) is 17.9. The minimum absolute atomic E-state index is 0.0678. The highest BCUT2D eigenvalue weighted by atomic mass is 16.5. The van der Waals surface area contributed by atoms with Crippen molar-refractivity contribution in [3.63, 3.8) is 0 Å². The van der Waals surface area contributed by atoms with E-state index in [1.165, 1.54) is 0 Å². The van der Waals surface area contributed by atoms with E-state index in [9.17, 15) is 9.59 Å². The van der Waals surface area contributed by atoms with Crippen LogP contribution in [0.25, 0.3) is 16.8 Å². The van der Waals surface area contributed by atoms with E-state index < -0.39 is 0 Å². The average molecular weight is 497 g/mol. The first-order valence-electron chi connectivity index (χ1n) is 12.4. The lowest BCUT2D eigenvalue weighted by atomic mass is 10.1. The maximum absolute atomic E-state index is 13.4. The number of ether oxygens (including phenoxy) is 1. The number of hydrogen-bond acceptors (Lipinski definition) is 4. The summed E-state index contributed by atoms with van der Waals surface area (Å²) < 4.78 is 7.02. The van der Waals surface area contributed by atoms with Crippen LogP contribution in [0, 0.1) is 13.8 Å². The topological polar surface area (TPSA) is 76.5 Å². The Bertz CT molecular complexity index is 1360. The Morgan fingerprint density at radius 3 is 2.24 bits per heavy atom. The lowest BCUT2D eigenvalue weighted by Crippen LogP contribution is -2.38. The number of carbonyl (C=O) groups excluding carboxylic acids is 2. The van der Waals surface area contributed by atoms with E-state index in [-0.39, 0.29) is 18.4 Å². The van der Waals surface area contributed by atoms with E-state index in [1.54, 1.807) is 28.8 Å². The monoisotopic (exact) mass is 496 g/mol. The first-order valence-corrected chi connectivity index (χ1v) is 12.4. The summed E-state index contributed by atoms with van der Waals surface area (Å²) in [6, 6.07) is 24.7. The zero-order valence-electron chi connectivity index (χ0n) is 21.7. The van der Waals surface area contributed by atoms with Crippen LogP contribution in [0.5, 0.6) is 5.75 Å². The van der Waals surface area contributed by atoms with Gasteiger partial charge in [-0.15, -0.1) is 0 Å². The van der Waals surface area contributed by atoms with Crippen molar-refractivity contribution in [2.75, 3.05) is 25.5 Å². The third kappa shape index (κ3) is 5.89. The van der Waals surface area contributed by atoms with Crippen LogP contribution in [-0.4, -0.2) is 46.7 Å². The SMILES string of the molecule is CCCN(CC(=O)Nc1c(-c2ccccc2)c(C)nn1-c1ccc(OC)cc1)C(=O)c1ccc(C)cc1. The molecule has 4 aromatic rings. The zero-order chi connectivity index (χ0) is 26.4. The fourth-order valence-electron chi connectivity index (χ4n) is 4.25. The van der Waals surface area contributed by atoms with Crippen molar-refractivity contribution in [3.8, 4) is 22.6 Å². The van der Waals surface area contributed by atoms with Crippen molar-refractivity contribution >= 4 is 17.6 Å². The largest absolute Gasteiger partial charge is 0.497 e. The van der Waals surface area contributed by atoms with Gasteiger partial charge in [0.25, 0.3) is 5.91 Å². The second-order valence-electron chi connectivity index (χ2n) is 8.93. The van der Waals surface area contributed by atoms with Gasteiger partial charge in [-0.1, -0.05) is 55.0 Å². The van der Waals surface area contributed by atoms with E-state index >= 15 is 0 Å². The Kier molecular flexibility index (Phi) is 8.03. The Morgan fingerprint density at radius 2 is 1.62 bits per heavy atom. The molecule has 1 N–H and O–H groups in total. The summed E-state index contributed by atoms with van der Waals surface area (Å²) in [4.78, 5) is 28.2. The highest BCUT2D eigenvalue weighted by Crippen LogP contribution is 2.33. The number of aryl methyl sites for hydroxylation is 2. The molecule has 0 saturated heterocycles. The number of hydrogen-bond donors (Lipinski definition) is 1. The molecule has 7 heteroatoms. The molecule has 0 bridgehead atoms. The summed E-state index contributed by atoms with van der Waals surface area (Å²) in [7, 11) is 1.62. The highest BCUT2D eigenvalue weighted by molar-refractivity contribution is 6.01. The van der Waals surface area contributed by atoms with Gasteiger partial charge >= 0.3 is 0 Å². The Hall–Kier alpha value is -4.39. The summed E-state index contributed by atoms with van der Waals surface area (Å²) >= 11 is 0. The van der Waals surface area contributed by atoms with Crippen LogP contribution in [0.2, 0.25) is 0 Å². The number of benzene rings is 3. The molecule has 1 heterocycles. The van der Waals surface area contributed by atoms with Crippen LogP contribution in [0.15, 0.2) is 78.9 Å². The minimum atomic E-state index is -0.291. The lowest BCUT2D eigenvalue weighted by Gasteiger charge is -2.22.